The molecule has 0 aromatic carbocycles. The number of fused-ring (bicyclic) bond motifs is 5. The predicted molar refractivity (Wildman–Crippen MR) is 104 cm³/mol. The Morgan fingerprint density at radius 2 is 1.22 bits per heavy atom. The van der Waals surface area contributed by atoms with Crippen LogP contribution >= 0.6 is 0 Å². The second kappa shape index (κ2) is 7.92. The van der Waals surface area contributed by atoms with Gasteiger partial charge in [0.15, 0.2) is 0 Å². The Hall–Kier alpha value is 0. The second-order valence-electron chi connectivity index (χ2n) is 8.99. The molecule has 0 radical (unpaired) electrons. The van der Waals surface area contributed by atoms with Gasteiger partial charge in [-0.3, -0.25) is 0 Å². The van der Waals surface area contributed by atoms with Crippen molar-refractivity contribution in [2.75, 3.05) is 0 Å². The van der Waals surface area contributed by atoms with Gasteiger partial charge in [-0.05, 0) is 79.4 Å². The topological polar surface area (TPSA) is 0 Å². The molecular weight excluding hydrogens is 276 g/mol. The highest BCUT2D eigenvalue weighted by Crippen LogP contribution is 2.67. The van der Waals surface area contributed by atoms with Gasteiger partial charge in [-0.15, -0.1) is 0 Å². The number of hydrogen-bond donors (Lipinski definition) is 0. The summed E-state index contributed by atoms with van der Waals surface area (Å²) in [5, 5.41) is 0. The minimum absolute atomic E-state index is 0.734. The van der Waals surface area contributed by atoms with E-state index < -0.39 is 0 Å². The molecule has 0 nitrogen and oxygen atoms in total. The van der Waals surface area contributed by atoms with Gasteiger partial charge in [0, 0.05) is 0 Å². The smallest absolute Gasteiger partial charge is 0.0264 e. The summed E-state index contributed by atoms with van der Waals surface area (Å²) in [5.74, 6) is 4.40. The van der Waals surface area contributed by atoms with Crippen LogP contribution in [0, 0.1) is 34.5 Å². The summed E-state index contributed by atoms with van der Waals surface area (Å²) in [6, 6.07) is 0. The molecule has 0 saturated heterocycles. The summed E-state index contributed by atoms with van der Waals surface area (Å²) >= 11 is 0. The van der Waals surface area contributed by atoms with Crippen LogP contribution in [0.25, 0.3) is 0 Å². The first-order valence-electron chi connectivity index (χ1n) is 11.1. The van der Waals surface area contributed by atoms with Crippen molar-refractivity contribution >= 4 is 0 Å². The standard InChI is InChI=1S/C19H32.2C2H6/c1-18-11-5-8-16(18)17-10-9-14-6-3-4-7-15(14)19(17,2)13-12-18;2*1-2/h14-17H,3-13H2,1-2H3;2*1-2H3/t14?,15?,16?,17?,18-,19+;;/m1../s1. The van der Waals surface area contributed by atoms with E-state index in [0.717, 1.165) is 34.5 Å². The summed E-state index contributed by atoms with van der Waals surface area (Å²) in [5.41, 5.74) is 1.48. The van der Waals surface area contributed by atoms with Gasteiger partial charge in [-0.25, -0.2) is 0 Å². The van der Waals surface area contributed by atoms with Crippen molar-refractivity contribution in [1.29, 1.82) is 0 Å². The average Bonchev–Trinajstić information content (AvgIpc) is 3.00. The van der Waals surface area contributed by atoms with Gasteiger partial charge < -0.3 is 0 Å². The molecule has 0 heterocycles. The number of hydrogen-bond acceptors (Lipinski definition) is 0. The van der Waals surface area contributed by atoms with Gasteiger partial charge in [0.25, 0.3) is 0 Å². The van der Waals surface area contributed by atoms with Gasteiger partial charge in [0.2, 0.25) is 0 Å². The van der Waals surface area contributed by atoms with Crippen molar-refractivity contribution in [2.45, 2.75) is 112 Å². The van der Waals surface area contributed by atoms with E-state index in [1.165, 1.54) is 19.3 Å². The first-order chi connectivity index (χ1) is 11.1. The van der Waals surface area contributed by atoms with Crippen LogP contribution in [-0.4, -0.2) is 0 Å². The molecule has 4 aliphatic carbocycles. The molecule has 4 aliphatic rings. The largest absolute Gasteiger partial charge is 0.0683 e. The molecule has 6 atom stereocenters. The molecule has 0 heteroatoms. The molecule has 0 bridgehead atoms. The lowest BCUT2D eigenvalue weighted by Gasteiger charge is -2.61. The predicted octanol–water partition coefficient (Wildman–Crippen LogP) is 7.86. The third kappa shape index (κ3) is 3.25. The molecule has 0 aromatic rings. The zero-order chi connectivity index (χ0) is 17.1. The van der Waals surface area contributed by atoms with Crippen LogP contribution in [0.5, 0.6) is 0 Å². The molecule has 0 spiro atoms. The molecule has 0 aliphatic heterocycles. The highest BCUT2D eigenvalue weighted by molar-refractivity contribution is 5.07. The second-order valence-corrected chi connectivity index (χ2v) is 8.99. The Morgan fingerprint density at radius 3 is 1.96 bits per heavy atom. The maximum Gasteiger partial charge on any atom is -0.0264 e. The SMILES string of the molecule is CC.CC.C[C@]12CCCC1C1CCC3CCCCC3[C@]1(C)CC2. The van der Waals surface area contributed by atoms with E-state index in [9.17, 15) is 0 Å². The van der Waals surface area contributed by atoms with Gasteiger partial charge in [0.1, 0.15) is 0 Å². The van der Waals surface area contributed by atoms with Crippen molar-refractivity contribution in [2.24, 2.45) is 34.5 Å². The van der Waals surface area contributed by atoms with Crippen LogP contribution in [0.1, 0.15) is 112 Å². The Kier molecular flexibility index (Phi) is 6.66. The van der Waals surface area contributed by atoms with Crippen LogP contribution in [0.2, 0.25) is 0 Å². The van der Waals surface area contributed by atoms with Crippen molar-refractivity contribution in [1.82, 2.24) is 0 Å². The zero-order valence-corrected chi connectivity index (χ0v) is 17.1. The van der Waals surface area contributed by atoms with Crippen LogP contribution in [0.15, 0.2) is 0 Å². The van der Waals surface area contributed by atoms with E-state index in [2.05, 4.69) is 13.8 Å². The highest BCUT2D eigenvalue weighted by Gasteiger charge is 2.58. The van der Waals surface area contributed by atoms with E-state index in [1.807, 2.05) is 27.7 Å². The van der Waals surface area contributed by atoms with Crippen LogP contribution in [-0.2, 0) is 0 Å². The molecular formula is C23H44. The van der Waals surface area contributed by atoms with E-state index in [4.69, 9.17) is 0 Å². The van der Waals surface area contributed by atoms with E-state index in [1.54, 1.807) is 51.4 Å². The van der Waals surface area contributed by atoms with Crippen molar-refractivity contribution in [3.05, 3.63) is 0 Å². The van der Waals surface area contributed by atoms with Gasteiger partial charge in [-0.1, -0.05) is 67.2 Å². The van der Waals surface area contributed by atoms with E-state index in [-0.39, 0.29) is 0 Å². The van der Waals surface area contributed by atoms with Crippen molar-refractivity contribution < 1.29 is 0 Å². The molecule has 0 aromatic heterocycles. The Balaban J connectivity index is 0.000000448. The summed E-state index contributed by atoms with van der Waals surface area (Å²) in [6.45, 7) is 13.4. The summed E-state index contributed by atoms with van der Waals surface area (Å²) in [4.78, 5) is 0. The molecule has 4 fully saturated rings. The lowest BCUT2D eigenvalue weighted by atomic mass is 9.44. The molecule has 4 saturated carbocycles. The maximum absolute atomic E-state index is 2.72. The normalized spacial score (nSPS) is 47.7. The molecule has 4 unspecified atom stereocenters. The lowest BCUT2D eigenvalue weighted by Crippen LogP contribution is -2.53. The van der Waals surface area contributed by atoms with Gasteiger partial charge in [-0.2, -0.15) is 0 Å². The maximum atomic E-state index is 2.72. The van der Waals surface area contributed by atoms with E-state index >= 15 is 0 Å². The zero-order valence-electron chi connectivity index (χ0n) is 17.1. The fourth-order valence-electron chi connectivity index (χ4n) is 7.26. The molecule has 0 N–H and O–H groups in total. The molecule has 136 valence electrons. The van der Waals surface area contributed by atoms with Crippen LogP contribution in [0.4, 0.5) is 0 Å². The first kappa shape index (κ1) is 19.3. The molecule has 0 amide bonds. The van der Waals surface area contributed by atoms with E-state index in [0.29, 0.717) is 0 Å². The fourth-order valence-corrected chi connectivity index (χ4v) is 7.26. The van der Waals surface area contributed by atoms with Crippen LogP contribution < -0.4 is 0 Å². The minimum Gasteiger partial charge on any atom is -0.0683 e. The Morgan fingerprint density at radius 1 is 0.565 bits per heavy atom. The molecule has 4 rings (SSSR count). The monoisotopic (exact) mass is 320 g/mol. The highest BCUT2D eigenvalue weighted by atomic mass is 14.6. The lowest BCUT2D eigenvalue weighted by molar-refractivity contribution is -0.115. The third-order valence-corrected chi connectivity index (χ3v) is 8.33. The minimum atomic E-state index is 0.734. The quantitative estimate of drug-likeness (QED) is 0.426. The average molecular weight is 321 g/mol. The summed E-state index contributed by atoms with van der Waals surface area (Å²) in [7, 11) is 0. The summed E-state index contributed by atoms with van der Waals surface area (Å²) in [6.07, 6.45) is 17.1. The Bertz CT molecular complexity index is 359. The molecule has 23 heavy (non-hydrogen) atoms. The van der Waals surface area contributed by atoms with Crippen molar-refractivity contribution in [3.8, 4) is 0 Å². The summed E-state index contributed by atoms with van der Waals surface area (Å²) < 4.78 is 0. The third-order valence-electron chi connectivity index (χ3n) is 8.33. The Labute approximate surface area is 147 Å². The van der Waals surface area contributed by atoms with Crippen molar-refractivity contribution in [3.63, 3.8) is 0 Å². The number of rotatable bonds is 0. The van der Waals surface area contributed by atoms with Gasteiger partial charge >= 0.3 is 0 Å². The van der Waals surface area contributed by atoms with Gasteiger partial charge in [0.05, 0.1) is 0 Å². The van der Waals surface area contributed by atoms with Crippen LogP contribution in [0.3, 0.4) is 0 Å². The first-order valence-corrected chi connectivity index (χ1v) is 11.1. The fraction of sp³-hybridized carbons (Fsp3) is 1.00.